The maximum absolute atomic E-state index is 12.5. The van der Waals surface area contributed by atoms with Crippen LogP contribution >= 0.6 is 0 Å². The van der Waals surface area contributed by atoms with Crippen LogP contribution in [-0.2, 0) is 4.79 Å². The Morgan fingerprint density at radius 2 is 2.00 bits per heavy atom. The van der Waals surface area contributed by atoms with E-state index in [1.54, 1.807) is 19.1 Å². The molecule has 2 N–H and O–H groups in total. The highest BCUT2D eigenvalue weighted by Crippen LogP contribution is 2.41. The molecule has 0 saturated heterocycles. The van der Waals surface area contributed by atoms with Crippen LogP contribution in [0.3, 0.4) is 0 Å². The summed E-state index contributed by atoms with van der Waals surface area (Å²) in [7, 11) is 0. The molecule has 114 valence electrons. The third kappa shape index (κ3) is 3.43. The molecule has 0 aromatic heterocycles. The first kappa shape index (κ1) is 15.5. The molecule has 2 rings (SSSR count). The summed E-state index contributed by atoms with van der Waals surface area (Å²) in [6.07, 6.45) is 4.20. The van der Waals surface area contributed by atoms with Gasteiger partial charge in [-0.2, -0.15) is 0 Å². The molecule has 0 aliphatic heterocycles. The van der Waals surface area contributed by atoms with E-state index in [1.165, 1.54) is 12.5 Å². The minimum atomic E-state index is -0.971. The third-order valence-corrected chi connectivity index (χ3v) is 4.56. The van der Waals surface area contributed by atoms with Crippen molar-refractivity contribution in [3.8, 4) is 0 Å². The van der Waals surface area contributed by atoms with Gasteiger partial charge in [0.1, 0.15) is 0 Å². The van der Waals surface area contributed by atoms with Gasteiger partial charge in [-0.3, -0.25) is 4.79 Å². The van der Waals surface area contributed by atoms with Gasteiger partial charge in [0.2, 0.25) is 5.91 Å². The first-order chi connectivity index (χ1) is 9.81. The van der Waals surface area contributed by atoms with E-state index in [9.17, 15) is 9.59 Å². The Kier molecular flexibility index (Phi) is 4.35. The van der Waals surface area contributed by atoms with Crippen LogP contribution in [0.1, 0.15) is 55.5 Å². The number of rotatable bonds is 3. The number of aryl methyl sites for hydroxylation is 1. The van der Waals surface area contributed by atoms with Gasteiger partial charge >= 0.3 is 5.97 Å². The summed E-state index contributed by atoms with van der Waals surface area (Å²) in [5.41, 5.74) is 1.49. The number of carboxylic acids is 1. The van der Waals surface area contributed by atoms with Crippen molar-refractivity contribution in [3.05, 3.63) is 29.3 Å². The minimum Gasteiger partial charge on any atom is -0.478 e. The Labute approximate surface area is 125 Å². The Bertz CT molecular complexity index is 563. The Morgan fingerprint density at radius 1 is 1.29 bits per heavy atom. The van der Waals surface area contributed by atoms with Crippen molar-refractivity contribution in [1.82, 2.24) is 0 Å². The minimum absolute atomic E-state index is 0.000100. The molecule has 1 aliphatic carbocycles. The van der Waals surface area contributed by atoms with E-state index in [-0.39, 0.29) is 22.8 Å². The van der Waals surface area contributed by atoms with E-state index in [1.807, 2.05) is 0 Å². The highest BCUT2D eigenvalue weighted by Gasteiger charge is 2.37. The van der Waals surface area contributed by atoms with Gasteiger partial charge in [0.25, 0.3) is 0 Å². The Hall–Kier alpha value is -1.84. The van der Waals surface area contributed by atoms with Gasteiger partial charge in [0, 0.05) is 11.6 Å². The first-order valence-corrected chi connectivity index (χ1v) is 7.46. The maximum Gasteiger partial charge on any atom is 0.336 e. The second kappa shape index (κ2) is 5.88. The Morgan fingerprint density at radius 3 is 2.62 bits per heavy atom. The lowest BCUT2D eigenvalue weighted by Gasteiger charge is -2.37. The van der Waals surface area contributed by atoms with Crippen LogP contribution in [0.4, 0.5) is 5.69 Å². The molecule has 4 nitrogen and oxygen atoms in total. The molecular formula is C17H23NO3. The van der Waals surface area contributed by atoms with E-state index < -0.39 is 5.97 Å². The fraction of sp³-hybridized carbons (Fsp3) is 0.529. The van der Waals surface area contributed by atoms with Crippen LogP contribution in [0.25, 0.3) is 0 Å². The fourth-order valence-corrected chi connectivity index (χ4v) is 3.14. The zero-order chi connectivity index (χ0) is 15.6. The number of aromatic carboxylic acids is 1. The second-order valence-corrected chi connectivity index (χ2v) is 6.61. The van der Waals surface area contributed by atoms with Crippen molar-refractivity contribution in [2.75, 3.05) is 5.32 Å². The molecule has 4 heteroatoms. The number of nitrogens with one attached hydrogen (secondary N) is 1. The summed E-state index contributed by atoms with van der Waals surface area (Å²) in [6, 6.07) is 5.02. The molecule has 0 radical (unpaired) electrons. The summed E-state index contributed by atoms with van der Waals surface area (Å²) in [5, 5.41) is 12.0. The van der Waals surface area contributed by atoms with Gasteiger partial charge in [-0.05, 0) is 42.9 Å². The van der Waals surface area contributed by atoms with Crippen LogP contribution in [-0.4, -0.2) is 17.0 Å². The predicted molar refractivity (Wildman–Crippen MR) is 82.5 cm³/mol. The van der Waals surface area contributed by atoms with Crippen molar-refractivity contribution in [1.29, 1.82) is 0 Å². The molecular weight excluding hydrogens is 266 g/mol. The van der Waals surface area contributed by atoms with Crippen LogP contribution < -0.4 is 5.32 Å². The molecule has 0 spiro atoms. The summed E-state index contributed by atoms with van der Waals surface area (Å²) in [4.78, 5) is 23.6. The highest BCUT2D eigenvalue weighted by molar-refractivity contribution is 5.96. The summed E-state index contributed by atoms with van der Waals surface area (Å²) in [6.45, 7) is 6.02. The van der Waals surface area contributed by atoms with Crippen molar-refractivity contribution in [3.63, 3.8) is 0 Å². The molecule has 1 amide bonds. The number of hydrogen-bond acceptors (Lipinski definition) is 2. The van der Waals surface area contributed by atoms with E-state index in [4.69, 9.17) is 5.11 Å². The Balaban J connectivity index is 2.16. The largest absolute Gasteiger partial charge is 0.478 e. The van der Waals surface area contributed by atoms with Crippen LogP contribution in [0.5, 0.6) is 0 Å². The highest BCUT2D eigenvalue weighted by atomic mass is 16.4. The van der Waals surface area contributed by atoms with Crippen molar-refractivity contribution < 1.29 is 14.7 Å². The van der Waals surface area contributed by atoms with E-state index in [2.05, 4.69) is 19.2 Å². The van der Waals surface area contributed by atoms with Gasteiger partial charge in [0.05, 0.1) is 5.56 Å². The molecule has 1 aliphatic rings. The molecule has 1 fully saturated rings. The summed E-state index contributed by atoms with van der Waals surface area (Å²) >= 11 is 0. The molecule has 0 bridgehead atoms. The molecule has 21 heavy (non-hydrogen) atoms. The molecule has 1 saturated carbocycles. The van der Waals surface area contributed by atoms with Gasteiger partial charge < -0.3 is 10.4 Å². The number of benzene rings is 1. The topological polar surface area (TPSA) is 66.4 Å². The maximum atomic E-state index is 12.5. The monoisotopic (exact) mass is 289 g/mol. The number of anilines is 1. The van der Waals surface area contributed by atoms with Gasteiger partial charge in [0.15, 0.2) is 0 Å². The van der Waals surface area contributed by atoms with Crippen molar-refractivity contribution in [2.45, 2.75) is 46.5 Å². The predicted octanol–water partition coefficient (Wildman–Crippen LogP) is 3.85. The zero-order valence-corrected chi connectivity index (χ0v) is 12.9. The number of carbonyl (C=O) groups excluding carboxylic acids is 1. The molecule has 0 heterocycles. The molecule has 1 aromatic rings. The van der Waals surface area contributed by atoms with E-state index in [0.29, 0.717) is 11.3 Å². The average molecular weight is 289 g/mol. The van der Waals surface area contributed by atoms with Gasteiger partial charge in [-0.1, -0.05) is 32.8 Å². The van der Waals surface area contributed by atoms with Crippen LogP contribution in [0.15, 0.2) is 18.2 Å². The number of carbonyl (C=O) groups is 2. The SMILES string of the molecule is Cc1ccc(NC(=O)C2CCCCC2(C)C)cc1C(=O)O. The summed E-state index contributed by atoms with van der Waals surface area (Å²) in [5.74, 6) is -0.984. The third-order valence-electron chi connectivity index (χ3n) is 4.56. The normalized spacial score (nSPS) is 20.8. The molecule has 1 unspecified atom stereocenters. The summed E-state index contributed by atoms with van der Waals surface area (Å²) < 4.78 is 0. The fourth-order valence-electron chi connectivity index (χ4n) is 3.14. The quantitative estimate of drug-likeness (QED) is 0.888. The number of amides is 1. The number of hydrogen-bond donors (Lipinski definition) is 2. The standard InChI is InChI=1S/C17H23NO3/c1-11-7-8-12(10-13(11)16(20)21)18-15(19)14-6-4-5-9-17(14,2)3/h7-8,10,14H,4-6,9H2,1-3H3,(H,18,19)(H,20,21). The second-order valence-electron chi connectivity index (χ2n) is 6.61. The lowest BCUT2D eigenvalue weighted by atomic mass is 9.68. The van der Waals surface area contributed by atoms with Crippen molar-refractivity contribution >= 4 is 17.6 Å². The lowest BCUT2D eigenvalue weighted by Crippen LogP contribution is -2.37. The smallest absolute Gasteiger partial charge is 0.336 e. The van der Waals surface area contributed by atoms with Crippen LogP contribution in [0, 0.1) is 18.3 Å². The molecule has 1 atom stereocenters. The van der Waals surface area contributed by atoms with E-state index >= 15 is 0 Å². The zero-order valence-electron chi connectivity index (χ0n) is 12.9. The van der Waals surface area contributed by atoms with Gasteiger partial charge in [-0.15, -0.1) is 0 Å². The lowest BCUT2D eigenvalue weighted by molar-refractivity contribution is -0.124. The van der Waals surface area contributed by atoms with Crippen LogP contribution in [0.2, 0.25) is 0 Å². The van der Waals surface area contributed by atoms with Gasteiger partial charge in [-0.25, -0.2) is 4.79 Å². The molecule has 1 aromatic carbocycles. The number of carboxylic acid groups (broad SMARTS) is 1. The average Bonchev–Trinajstić information content (AvgIpc) is 2.40. The van der Waals surface area contributed by atoms with E-state index in [0.717, 1.165) is 19.3 Å². The van der Waals surface area contributed by atoms with Crippen molar-refractivity contribution in [2.24, 2.45) is 11.3 Å². The first-order valence-electron chi connectivity index (χ1n) is 7.46.